The number of likely N-dealkylation sites (N-methyl/N-ethyl adjacent to an activating group) is 1. The Morgan fingerprint density at radius 1 is 1.29 bits per heavy atom. The molecule has 0 radical (unpaired) electrons. The van der Waals surface area contributed by atoms with Crippen LogP contribution < -0.4 is 10.1 Å². The number of hydrogen-bond acceptors (Lipinski definition) is 4. The molecule has 0 spiro atoms. The zero-order valence-corrected chi connectivity index (χ0v) is 14.5. The number of benzene rings is 1. The molecule has 1 N–H and O–H groups in total. The van der Waals surface area contributed by atoms with Crippen LogP contribution in [0, 0.1) is 13.8 Å². The summed E-state index contributed by atoms with van der Waals surface area (Å²) in [5.74, 6) is 0.745. The summed E-state index contributed by atoms with van der Waals surface area (Å²) in [6.45, 7) is 5.30. The summed E-state index contributed by atoms with van der Waals surface area (Å²) in [7, 11) is -0.203. The molecule has 1 aromatic carbocycles. The third-order valence-electron chi connectivity index (χ3n) is 3.86. The van der Waals surface area contributed by atoms with E-state index < -0.39 is 10.0 Å². The molecule has 0 aliphatic carbocycles. The van der Waals surface area contributed by atoms with E-state index in [9.17, 15) is 8.42 Å². The lowest BCUT2D eigenvalue weighted by Crippen LogP contribution is -2.38. The lowest BCUT2D eigenvalue weighted by Gasteiger charge is -2.24. The first kappa shape index (κ1) is 18.2. The fourth-order valence-corrected chi connectivity index (χ4v) is 4.25. The van der Waals surface area contributed by atoms with Crippen molar-refractivity contribution in [3.05, 3.63) is 23.3 Å². The van der Waals surface area contributed by atoms with Crippen molar-refractivity contribution >= 4 is 22.4 Å². The largest absolute Gasteiger partial charge is 0.496 e. The fourth-order valence-electron chi connectivity index (χ4n) is 2.69. The molecule has 1 aromatic rings. The van der Waals surface area contributed by atoms with Crippen molar-refractivity contribution in [3.8, 4) is 5.75 Å². The SMILES string of the molecule is COc1c(C)cc(S(=O)(=O)N(C)C2CCNC2)cc1C.Cl. The number of ether oxygens (including phenoxy) is 1. The molecule has 1 atom stereocenters. The topological polar surface area (TPSA) is 58.6 Å². The normalized spacial score (nSPS) is 18.6. The summed E-state index contributed by atoms with van der Waals surface area (Å²) >= 11 is 0. The van der Waals surface area contributed by atoms with Gasteiger partial charge in [0.1, 0.15) is 5.75 Å². The molecule has 1 aliphatic heterocycles. The van der Waals surface area contributed by atoms with Crippen LogP contribution in [0.5, 0.6) is 5.75 Å². The molecule has 1 unspecified atom stereocenters. The van der Waals surface area contributed by atoms with Crippen LogP contribution in [0.15, 0.2) is 17.0 Å². The first-order valence-corrected chi connectivity index (χ1v) is 8.16. The summed E-state index contributed by atoms with van der Waals surface area (Å²) in [5.41, 5.74) is 1.67. The minimum atomic E-state index is -3.45. The maximum absolute atomic E-state index is 12.7. The Bertz CT molecular complexity index is 575. The highest BCUT2D eigenvalue weighted by Crippen LogP contribution is 2.28. The summed E-state index contributed by atoms with van der Waals surface area (Å²) in [5, 5.41) is 3.19. The van der Waals surface area contributed by atoms with Crippen LogP contribution in [0.1, 0.15) is 17.5 Å². The van der Waals surface area contributed by atoms with Gasteiger partial charge in [-0.25, -0.2) is 8.42 Å². The maximum atomic E-state index is 12.7. The van der Waals surface area contributed by atoms with Crippen LogP contribution in [-0.4, -0.2) is 46.0 Å². The Kier molecular flexibility index (Phi) is 6.04. The molecule has 1 aliphatic rings. The van der Waals surface area contributed by atoms with E-state index in [4.69, 9.17) is 4.74 Å². The van der Waals surface area contributed by atoms with Crippen LogP contribution >= 0.6 is 12.4 Å². The zero-order valence-electron chi connectivity index (χ0n) is 12.8. The quantitative estimate of drug-likeness (QED) is 0.910. The Morgan fingerprint density at radius 2 is 1.86 bits per heavy atom. The molecule has 0 amide bonds. The van der Waals surface area contributed by atoms with Gasteiger partial charge in [-0.05, 0) is 50.1 Å². The summed E-state index contributed by atoms with van der Waals surface area (Å²) in [4.78, 5) is 0.336. The van der Waals surface area contributed by atoms with Gasteiger partial charge in [-0.2, -0.15) is 4.31 Å². The summed E-state index contributed by atoms with van der Waals surface area (Å²) in [6.07, 6.45) is 0.851. The van der Waals surface area contributed by atoms with Crippen LogP contribution in [0.3, 0.4) is 0 Å². The molecule has 0 saturated carbocycles. The van der Waals surface area contributed by atoms with Crippen molar-refractivity contribution in [1.29, 1.82) is 0 Å². The van der Waals surface area contributed by atoms with Crippen molar-refractivity contribution in [1.82, 2.24) is 9.62 Å². The van der Waals surface area contributed by atoms with Gasteiger partial charge in [0.15, 0.2) is 0 Å². The van der Waals surface area contributed by atoms with Gasteiger partial charge in [0.2, 0.25) is 10.0 Å². The van der Waals surface area contributed by atoms with Crippen molar-refractivity contribution < 1.29 is 13.2 Å². The van der Waals surface area contributed by atoms with E-state index in [2.05, 4.69) is 5.32 Å². The fraction of sp³-hybridized carbons (Fsp3) is 0.571. The molecular weight excluding hydrogens is 312 g/mol. The maximum Gasteiger partial charge on any atom is 0.243 e. The molecule has 7 heteroatoms. The predicted molar refractivity (Wildman–Crippen MR) is 85.9 cm³/mol. The van der Waals surface area contributed by atoms with E-state index in [1.54, 1.807) is 26.3 Å². The smallest absolute Gasteiger partial charge is 0.243 e. The molecule has 0 aromatic heterocycles. The van der Waals surface area contributed by atoms with Crippen LogP contribution in [-0.2, 0) is 10.0 Å². The van der Waals surface area contributed by atoms with Crippen LogP contribution in [0.2, 0.25) is 0 Å². The number of hydrogen-bond donors (Lipinski definition) is 1. The molecule has 1 fully saturated rings. The van der Waals surface area contributed by atoms with Crippen LogP contribution in [0.4, 0.5) is 0 Å². The molecule has 1 saturated heterocycles. The average Bonchev–Trinajstić information content (AvgIpc) is 2.91. The zero-order chi connectivity index (χ0) is 14.9. The van der Waals surface area contributed by atoms with Crippen molar-refractivity contribution in [3.63, 3.8) is 0 Å². The van der Waals surface area contributed by atoms with Gasteiger partial charge in [-0.1, -0.05) is 0 Å². The summed E-state index contributed by atoms with van der Waals surface area (Å²) in [6, 6.07) is 3.39. The van der Waals surface area contributed by atoms with Crippen molar-refractivity contribution in [2.45, 2.75) is 31.2 Å². The first-order valence-electron chi connectivity index (χ1n) is 6.72. The average molecular weight is 335 g/mol. The first-order chi connectivity index (χ1) is 9.37. The minimum absolute atomic E-state index is 0. The van der Waals surface area contributed by atoms with E-state index in [-0.39, 0.29) is 18.4 Å². The van der Waals surface area contributed by atoms with E-state index in [0.29, 0.717) is 11.4 Å². The van der Waals surface area contributed by atoms with Gasteiger partial charge in [0.05, 0.1) is 12.0 Å². The molecule has 1 heterocycles. The molecule has 5 nitrogen and oxygen atoms in total. The predicted octanol–water partition coefficient (Wildman–Crippen LogP) is 1.72. The molecule has 120 valence electrons. The monoisotopic (exact) mass is 334 g/mol. The Hall–Kier alpha value is -0.820. The lowest BCUT2D eigenvalue weighted by atomic mass is 10.1. The van der Waals surface area contributed by atoms with Gasteiger partial charge in [0.25, 0.3) is 0 Å². The number of sulfonamides is 1. The number of nitrogens with zero attached hydrogens (tertiary/aromatic N) is 1. The second-order valence-corrected chi connectivity index (χ2v) is 7.26. The van der Waals surface area contributed by atoms with Crippen molar-refractivity contribution in [2.24, 2.45) is 0 Å². The van der Waals surface area contributed by atoms with E-state index in [1.165, 1.54) is 4.31 Å². The number of nitrogens with one attached hydrogen (secondary N) is 1. The van der Waals surface area contributed by atoms with E-state index in [0.717, 1.165) is 29.8 Å². The second-order valence-electron chi connectivity index (χ2n) is 5.26. The minimum Gasteiger partial charge on any atom is -0.496 e. The van der Waals surface area contributed by atoms with E-state index in [1.807, 2.05) is 13.8 Å². The van der Waals surface area contributed by atoms with Gasteiger partial charge >= 0.3 is 0 Å². The highest BCUT2D eigenvalue weighted by molar-refractivity contribution is 7.89. The van der Waals surface area contributed by atoms with Crippen LogP contribution in [0.25, 0.3) is 0 Å². The van der Waals surface area contributed by atoms with Gasteiger partial charge < -0.3 is 10.1 Å². The number of aryl methyl sites for hydroxylation is 2. The standard InChI is InChI=1S/C14H22N2O3S.ClH/c1-10-7-13(8-11(2)14(10)19-4)20(17,18)16(3)12-5-6-15-9-12;/h7-8,12,15H,5-6,9H2,1-4H3;1H. The Labute approximate surface area is 133 Å². The second kappa shape index (κ2) is 6.96. The molecular formula is C14H23ClN2O3S. The molecule has 2 rings (SSSR count). The van der Waals surface area contributed by atoms with Gasteiger partial charge in [-0.15, -0.1) is 12.4 Å². The Balaban J connectivity index is 0.00000220. The third-order valence-corrected chi connectivity index (χ3v) is 5.75. The van der Waals surface area contributed by atoms with Crippen molar-refractivity contribution in [2.75, 3.05) is 27.2 Å². The van der Waals surface area contributed by atoms with Gasteiger partial charge in [0, 0.05) is 19.6 Å². The highest BCUT2D eigenvalue weighted by Gasteiger charge is 2.30. The number of methoxy groups -OCH3 is 1. The highest BCUT2D eigenvalue weighted by atomic mass is 35.5. The third kappa shape index (κ3) is 3.51. The number of halogens is 1. The molecule has 0 bridgehead atoms. The lowest BCUT2D eigenvalue weighted by molar-refractivity contribution is 0.387. The number of rotatable bonds is 4. The van der Waals surface area contributed by atoms with Gasteiger partial charge in [-0.3, -0.25) is 0 Å². The Morgan fingerprint density at radius 3 is 2.29 bits per heavy atom. The van der Waals surface area contributed by atoms with E-state index >= 15 is 0 Å². The summed E-state index contributed by atoms with van der Waals surface area (Å²) < 4.78 is 32.1. The molecule has 21 heavy (non-hydrogen) atoms.